The first kappa shape index (κ1) is 14.0. The van der Waals surface area contributed by atoms with Gasteiger partial charge >= 0.3 is 0 Å². The standard InChI is InChI=1S/C15H17ClN4O/c16-14-9-11(17)10-19-15(14)21-13-3-1-12(2-4-13)20-7-5-18-6-8-20/h1-4,9-10,18H,5-8,17H2. The number of halogens is 1. The van der Waals surface area contributed by atoms with E-state index in [1.165, 1.54) is 11.9 Å². The van der Waals surface area contributed by atoms with Crippen molar-refractivity contribution in [2.24, 2.45) is 0 Å². The monoisotopic (exact) mass is 304 g/mol. The summed E-state index contributed by atoms with van der Waals surface area (Å²) in [7, 11) is 0. The number of nitrogens with one attached hydrogen (secondary N) is 1. The minimum atomic E-state index is 0.362. The van der Waals surface area contributed by atoms with Crippen molar-refractivity contribution in [3.63, 3.8) is 0 Å². The fourth-order valence-electron chi connectivity index (χ4n) is 2.27. The van der Waals surface area contributed by atoms with Crippen molar-refractivity contribution in [1.82, 2.24) is 10.3 Å². The van der Waals surface area contributed by atoms with Gasteiger partial charge in [-0.15, -0.1) is 0 Å². The van der Waals surface area contributed by atoms with Crippen molar-refractivity contribution < 1.29 is 4.74 Å². The average molecular weight is 305 g/mol. The van der Waals surface area contributed by atoms with Gasteiger partial charge in [-0.05, 0) is 30.3 Å². The highest BCUT2D eigenvalue weighted by atomic mass is 35.5. The lowest BCUT2D eigenvalue weighted by Gasteiger charge is -2.29. The number of anilines is 2. The van der Waals surface area contributed by atoms with Gasteiger partial charge in [0.05, 0.1) is 11.9 Å². The van der Waals surface area contributed by atoms with Crippen LogP contribution in [0, 0.1) is 0 Å². The molecule has 0 aliphatic carbocycles. The Balaban J connectivity index is 1.71. The third-order valence-electron chi connectivity index (χ3n) is 3.36. The topological polar surface area (TPSA) is 63.4 Å². The highest BCUT2D eigenvalue weighted by Gasteiger charge is 2.11. The zero-order chi connectivity index (χ0) is 14.7. The molecule has 6 heteroatoms. The lowest BCUT2D eigenvalue weighted by atomic mass is 10.2. The van der Waals surface area contributed by atoms with Crippen molar-refractivity contribution in [3.8, 4) is 11.6 Å². The van der Waals surface area contributed by atoms with Crippen LogP contribution in [0.3, 0.4) is 0 Å². The van der Waals surface area contributed by atoms with E-state index in [-0.39, 0.29) is 0 Å². The van der Waals surface area contributed by atoms with E-state index >= 15 is 0 Å². The van der Waals surface area contributed by atoms with Crippen LogP contribution in [0.1, 0.15) is 0 Å². The molecule has 1 aromatic carbocycles. The van der Waals surface area contributed by atoms with Gasteiger partial charge in [0.15, 0.2) is 0 Å². The highest BCUT2D eigenvalue weighted by molar-refractivity contribution is 6.32. The molecule has 0 atom stereocenters. The van der Waals surface area contributed by atoms with Gasteiger partial charge in [-0.3, -0.25) is 0 Å². The quantitative estimate of drug-likeness (QED) is 0.912. The van der Waals surface area contributed by atoms with E-state index in [0.717, 1.165) is 26.2 Å². The van der Waals surface area contributed by atoms with Gasteiger partial charge in [-0.25, -0.2) is 4.98 Å². The summed E-state index contributed by atoms with van der Waals surface area (Å²) >= 11 is 6.05. The first-order valence-electron chi connectivity index (χ1n) is 6.87. The highest BCUT2D eigenvalue weighted by Crippen LogP contribution is 2.29. The van der Waals surface area contributed by atoms with Crippen LogP contribution >= 0.6 is 11.6 Å². The maximum absolute atomic E-state index is 6.05. The van der Waals surface area contributed by atoms with Gasteiger partial charge in [0.2, 0.25) is 5.88 Å². The van der Waals surface area contributed by atoms with Crippen molar-refractivity contribution >= 4 is 23.0 Å². The number of hydrogen-bond acceptors (Lipinski definition) is 5. The summed E-state index contributed by atoms with van der Waals surface area (Å²) in [6.45, 7) is 4.07. The summed E-state index contributed by atoms with van der Waals surface area (Å²) in [5, 5.41) is 3.74. The third-order valence-corrected chi connectivity index (χ3v) is 3.63. The minimum Gasteiger partial charge on any atom is -0.438 e. The lowest BCUT2D eigenvalue weighted by Crippen LogP contribution is -2.43. The molecule has 1 aliphatic heterocycles. The number of ether oxygens (including phenoxy) is 1. The van der Waals surface area contributed by atoms with Gasteiger partial charge in [-0.2, -0.15) is 0 Å². The molecule has 1 saturated heterocycles. The van der Waals surface area contributed by atoms with Crippen LogP contribution < -0.4 is 20.7 Å². The molecule has 0 amide bonds. The van der Waals surface area contributed by atoms with Crippen molar-refractivity contribution in [2.45, 2.75) is 0 Å². The molecule has 110 valence electrons. The fraction of sp³-hybridized carbons (Fsp3) is 0.267. The van der Waals surface area contributed by atoms with Gasteiger partial charge in [0, 0.05) is 31.9 Å². The number of benzene rings is 1. The van der Waals surface area contributed by atoms with E-state index in [2.05, 4.69) is 15.2 Å². The summed E-state index contributed by atoms with van der Waals surface area (Å²) in [4.78, 5) is 6.43. The Morgan fingerprint density at radius 2 is 1.90 bits per heavy atom. The summed E-state index contributed by atoms with van der Waals surface area (Å²) in [6.07, 6.45) is 1.52. The number of hydrogen-bond donors (Lipinski definition) is 2. The predicted octanol–water partition coefficient (Wildman–Crippen LogP) is 2.52. The van der Waals surface area contributed by atoms with Gasteiger partial charge in [0.25, 0.3) is 0 Å². The number of pyridine rings is 1. The van der Waals surface area contributed by atoms with Crippen LogP contribution in [-0.2, 0) is 0 Å². The Hall–Kier alpha value is -1.98. The first-order chi connectivity index (χ1) is 10.2. The molecule has 0 saturated carbocycles. The summed E-state index contributed by atoms with van der Waals surface area (Å²) in [5.41, 5.74) is 7.32. The zero-order valence-corrected chi connectivity index (χ0v) is 12.3. The number of nitrogen functional groups attached to an aromatic ring is 1. The van der Waals surface area contributed by atoms with Crippen LogP contribution in [0.15, 0.2) is 36.5 Å². The maximum Gasteiger partial charge on any atom is 0.238 e. The van der Waals surface area contributed by atoms with Gasteiger partial charge in [0.1, 0.15) is 10.8 Å². The molecule has 21 heavy (non-hydrogen) atoms. The normalized spacial score (nSPS) is 15.0. The summed E-state index contributed by atoms with van der Waals surface area (Å²) in [6, 6.07) is 9.56. The van der Waals surface area contributed by atoms with E-state index in [1.807, 2.05) is 24.3 Å². The van der Waals surface area contributed by atoms with Crippen molar-refractivity contribution in [1.29, 1.82) is 0 Å². The average Bonchev–Trinajstić information content (AvgIpc) is 2.52. The van der Waals surface area contributed by atoms with E-state index in [9.17, 15) is 0 Å². The van der Waals surface area contributed by atoms with Crippen LogP contribution in [0.5, 0.6) is 11.6 Å². The number of piperazine rings is 1. The molecule has 0 spiro atoms. The molecule has 2 heterocycles. The van der Waals surface area contributed by atoms with E-state index in [4.69, 9.17) is 22.1 Å². The largest absolute Gasteiger partial charge is 0.438 e. The van der Waals surface area contributed by atoms with Crippen LogP contribution in [0.4, 0.5) is 11.4 Å². The molecule has 3 N–H and O–H groups in total. The molecule has 0 radical (unpaired) electrons. The fourth-order valence-corrected chi connectivity index (χ4v) is 2.49. The summed E-state index contributed by atoms with van der Waals surface area (Å²) < 4.78 is 5.68. The van der Waals surface area contributed by atoms with E-state index < -0.39 is 0 Å². The van der Waals surface area contributed by atoms with Crippen LogP contribution in [0.2, 0.25) is 5.02 Å². The Labute approximate surface area is 128 Å². The number of nitrogens with zero attached hydrogens (tertiary/aromatic N) is 2. The SMILES string of the molecule is Nc1cnc(Oc2ccc(N3CCNCC3)cc2)c(Cl)c1. The Bertz CT molecular complexity index is 612. The molecular formula is C15H17ClN4O. The second-order valence-electron chi connectivity index (χ2n) is 4.89. The van der Waals surface area contributed by atoms with Crippen LogP contribution in [0.25, 0.3) is 0 Å². The molecule has 0 unspecified atom stereocenters. The first-order valence-corrected chi connectivity index (χ1v) is 7.25. The van der Waals surface area contributed by atoms with Gasteiger partial charge in [-0.1, -0.05) is 11.6 Å². The smallest absolute Gasteiger partial charge is 0.238 e. The van der Waals surface area contributed by atoms with Crippen molar-refractivity contribution in [3.05, 3.63) is 41.6 Å². The summed E-state index contributed by atoms with van der Waals surface area (Å²) in [5.74, 6) is 1.06. The minimum absolute atomic E-state index is 0.362. The molecular weight excluding hydrogens is 288 g/mol. The molecule has 2 aromatic rings. The van der Waals surface area contributed by atoms with Crippen molar-refractivity contribution in [2.75, 3.05) is 36.8 Å². The maximum atomic E-state index is 6.05. The molecule has 0 bridgehead atoms. The second kappa shape index (κ2) is 6.20. The van der Waals surface area contributed by atoms with E-state index in [0.29, 0.717) is 22.3 Å². The molecule has 3 rings (SSSR count). The number of nitrogens with two attached hydrogens (primary N) is 1. The Morgan fingerprint density at radius 1 is 1.19 bits per heavy atom. The van der Waals surface area contributed by atoms with Gasteiger partial charge < -0.3 is 20.7 Å². The third kappa shape index (κ3) is 3.37. The molecule has 1 aromatic heterocycles. The Morgan fingerprint density at radius 3 is 2.57 bits per heavy atom. The molecule has 5 nitrogen and oxygen atoms in total. The molecule has 1 fully saturated rings. The van der Waals surface area contributed by atoms with Crippen LogP contribution in [-0.4, -0.2) is 31.2 Å². The second-order valence-corrected chi connectivity index (χ2v) is 5.30. The molecule has 1 aliphatic rings. The van der Waals surface area contributed by atoms with E-state index in [1.54, 1.807) is 6.07 Å². The Kier molecular flexibility index (Phi) is 4.13. The predicted molar refractivity (Wildman–Crippen MR) is 85.3 cm³/mol. The zero-order valence-electron chi connectivity index (χ0n) is 11.6. The lowest BCUT2D eigenvalue weighted by molar-refractivity contribution is 0.463. The number of rotatable bonds is 3. The number of aromatic nitrogens is 1.